The topological polar surface area (TPSA) is 32.3 Å². The molecule has 2 heterocycles. The van der Waals surface area contributed by atoms with Gasteiger partial charge in [0.25, 0.3) is 5.91 Å². The number of benzene rings is 1. The highest BCUT2D eigenvalue weighted by Gasteiger charge is 2.31. The molecule has 3 nitrogen and oxygen atoms in total. The van der Waals surface area contributed by atoms with Gasteiger partial charge in [-0.3, -0.25) is 9.69 Å². The van der Waals surface area contributed by atoms with E-state index in [0.717, 1.165) is 43.6 Å². The number of hydrogen-bond donors (Lipinski definition) is 1. The highest BCUT2D eigenvalue weighted by atomic mass is 35.5. The third-order valence-electron chi connectivity index (χ3n) is 4.92. The van der Waals surface area contributed by atoms with Gasteiger partial charge in [0.1, 0.15) is 0 Å². The van der Waals surface area contributed by atoms with Crippen LogP contribution in [0.3, 0.4) is 0 Å². The SMILES string of the molecule is Cl.O=C(NCC(c1ccsc1)N1CCCCCC1)c1cccc(C(F)(F)F)c1. The summed E-state index contributed by atoms with van der Waals surface area (Å²) in [5, 5.41) is 6.92. The molecule has 1 unspecified atom stereocenters. The quantitative estimate of drug-likeness (QED) is 0.673. The first-order valence-electron chi connectivity index (χ1n) is 9.17. The summed E-state index contributed by atoms with van der Waals surface area (Å²) >= 11 is 1.61. The Kier molecular flexibility index (Phi) is 8.34. The minimum absolute atomic E-state index is 0. The van der Waals surface area contributed by atoms with Crippen molar-refractivity contribution in [3.8, 4) is 0 Å². The van der Waals surface area contributed by atoms with Crippen LogP contribution in [0.4, 0.5) is 13.2 Å². The molecule has 0 saturated carbocycles. The van der Waals surface area contributed by atoms with E-state index >= 15 is 0 Å². The minimum Gasteiger partial charge on any atom is -0.350 e. The number of nitrogens with zero attached hydrogens (tertiary/aromatic N) is 1. The Labute approximate surface area is 173 Å². The van der Waals surface area contributed by atoms with Crippen LogP contribution in [-0.2, 0) is 6.18 Å². The van der Waals surface area contributed by atoms with E-state index in [0.29, 0.717) is 6.54 Å². The predicted octanol–water partition coefficient (Wildman–Crippen LogP) is 5.54. The molecule has 1 aromatic heterocycles. The molecule has 1 fully saturated rings. The van der Waals surface area contributed by atoms with E-state index in [-0.39, 0.29) is 24.0 Å². The van der Waals surface area contributed by atoms with Gasteiger partial charge >= 0.3 is 6.18 Å². The van der Waals surface area contributed by atoms with Gasteiger partial charge in [-0.25, -0.2) is 0 Å². The van der Waals surface area contributed by atoms with Gasteiger partial charge in [-0.1, -0.05) is 18.9 Å². The van der Waals surface area contributed by atoms with Gasteiger partial charge in [-0.15, -0.1) is 12.4 Å². The summed E-state index contributed by atoms with van der Waals surface area (Å²) in [5.41, 5.74) is 0.369. The summed E-state index contributed by atoms with van der Waals surface area (Å²) in [7, 11) is 0. The average molecular weight is 433 g/mol. The van der Waals surface area contributed by atoms with Crippen molar-refractivity contribution in [1.82, 2.24) is 10.2 Å². The number of halogens is 4. The Morgan fingerprint density at radius 3 is 2.46 bits per heavy atom. The molecule has 1 N–H and O–H groups in total. The lowest BCUT2D eigenvalue weighted by Crippen LogP contribution is -2.38. The molecular formula is C20H24ClF3N2OS. The van der Waals surface area contributed by atoms with Crippen molar-refractivity contribution < 1.29 is 18.0 Å². The van der Waals surface area contributed by atoms with Crippen LogP contribution in [0.2, 0.25) is 0 Å². The number of carbonyl (C=O) groups excluding carboxylic acids is 1. The van der Waals surface area contributed by atoms with Crippen LogP contribution in [0.1, 0.15) is 53.2 Å². The first-order valence-corrected chi connectivity index (χ1v) is 10.1. The van der Waals surface area contributed by atoms with Crippen molar-refractivity contribution in [3.05, 3.63) is 57.8 Å². The summed E-state index contributed by atoms with van der Waals surface area (Å²) in [6.45, 7) is 2.33. The standard InChI is InChI=1S/C20H23F3N2OS.ClH/c21-20(22,23)17-7-5-6-15(12-17)19(26)24-13-18(16-8-11-27-14-16)25-9-3-1-2-4-10-25;/h5-8,11-12,14,18H,1-4,9-10,13H2,(H,24,26);1H. The molecule has 1 aliphatic rings. The number of hydrogen-bond acceptors (Lipinski definition) is 3. The fraction of sp³-hybridized carbons (Fsp3) is 0.450. The van der Waals surface area contributed by atoms with Gasteiger partial charge in [0.15, 0.2) is 0 Å². The largest absolute Gasteiger partial charge is 0.416 e. The van der Waals surface area contributed by atoms with Gasteiger partial charge in [-0.05, 0) is 66.5 Å². The first-order chi connectivity index (χ1) is 12.9. The number of rotatable bonds is 5. The number of likely N-dealkylation sites (tertiary alicyclic amines) is 1. The molecule has 0 bridgehead atoms. The molecular weight excluding hydrogens is 409 g/mol. The van der Waals surface area contributed by atoms with Crippen LogP contribution in [0.5, 0.6) is 0 Å². The van der Waals surface area contributed by atoms with Gasteiger partial charge in [-0.2, -0.15) is 24.5 Å². The van der Waals surface area contributed by atoms with Crippen molar-refractivity contribution in [2.75, 3.05) is 19.6 Å². The van der Waals surface area contributed by atoms with Crippen LogP contribution in [0.25, 0.3) is 0 Å². The molecule has 0 spiro atoms. The molecule has 0 radical (unpaired) electrons. The van der Waals surface area contributed by atoms with Crippen LogP contribution in [-0.4, -0.2) is 30.4 Å². The highest BCUT2D eigenvalue weighted by Crippen LogP contribution is 2.30. The number of thiophene rings is 1. The maximum Gasteiger partial charge on any atom is 0.416 e. The normalized spacial score (nSPS) is 16.7. The van der Waals surface area contributed by atoms with E-state index in [1.54, 1.807) is 11.3 Å². The molecule has 2 aromatic rings. The third kappa shape index (κ3) is 5.96. The smallest absolute Gasteiger partial charge is 0.350 e. The van der Waals surface area contributed by atoms with Crippen molar-refractivity contribution in [2.24, 2.45) is 0 Å². The molecule has 1 atom stereocenters. The fourth-order valence-electron chi connectivity index (χ4n) is 3.46. The van der Waals surface area contributed by atoms with E-state index in [9.17, 15) is 18.0 Å². The third-order valence-corrected chi connectivity index (χ3v) is 5.62. The molecule has 1 saturated heterocycles. The highest BCUT2D eigenvalue weighted by molar-refractivity contribution is 7.07. The minimum atomic E-state index is -4.46. The van der Waals surface area contributed by atoms with E-state index in [2.05, 4.69) is 21.7 Å². The van der Waals surface area contributed by atoms with Gasteiger partial charge in [0.05, 0.1) is 11.6 Å². The number of nitrogens with one attached hydrogen (secondary N) is 1. The predicted molar refractivity (Wildman–Crippen MR) is 108 cm³/mol. The zero-order valence-electron chi connectivity index (χ0n) is 15.4. The second-order valence-electron chi connectivity index (χ2n) is 6.81. The van der Waals surface area contributed by atoms with Crippen LogP contribution < -0.4 is 5.32 Å². The molecule has 3 rings (SSSR count). The zero-order valence-corrected chi connectivity index (χ0v) is 17.0. The fourth-order valence-corrected chi connectivity index (χ4v) is 4.16. The Morgan fingerprint density at radius 2 is 1.86 bits per heavy atom. The maximum atomic E-state index is 12.9. The van der Waals surface area contributed by atoms with Crippen molar-refractivity contribution in [1.29, 1.82) is 0 Å². The Balaban J connectivity index is 0.00000280. The Hall–Kier alpha value is -1.57. The lowest BCUT2D eigenvalue weighted by molar-refractivity contribution is -0.137. The van der Waals surface area contributed by atoms with Crippen molar-refractivity contribution >= 4 is 29.7 Å². The molecule has 154 valence electrons. The average Bonchev–Trinajstić information content (AvgIpc) is 3.04. The lowest BCUT2D eigenvalue weighted by Gasteiger charge is -2.30. The second-order valence-corrected chi connectivity index (χ2v) is 7.59. The molecule has 0 aliphatic carbocycles. The van der Waals surface area contributed by atoms with Gasteiger partial charge in [0, 0.05) is 12.1 Å². The second kappa shape index (κ2) is 10.3. The molecule has 1 aromatic carbocycles. The molecule has 1 amide bonds. The summed E-state index contributed by atoms with van der Waals surface area (Å²) < 4.78 is 38.6. The Morgan fingerprint density at radius 1 is 1.14 bits per heavy atom. The lowest BCUT2D eigenvalue weighted by atomic mass is 10.1. The number of amides is 1. The molecule has 28 heavy (non-hydrogen) atoms. The van der Waals surface area contributed by atoms with Crippen LogP contribution >= 0.6 is 23.7 Å². The Bertz CT molecular complexity index is 744. The summed E-state index contributed by atoms with van der Waals surface area (Å²) in [5.74, 6) is -0.476. The first kappa shape index (κ1) is 22.7. The van der Waals surface area contributed by atoms with Crippen molar-refractivity contribution in [3.63, 3.8) is 0 Å². The van der Waals surface area contributed by atoms with E-state index in [1.165, 1.54) is 25.0 Å². The van der Waals surface area contributed by atoms with Gasteiger partial charge in [0.2, 0.25) is 0 Å². The zero-order chi connectivity index (χ0) is 19.3. The number of alkyl halides is 3. The van der Waals surface area contributed by atoms with Crippen molar-refractivity contribution in [2.45, 2.75) is 37.9 Å². The number of carbonyl (C=O) groups is 1. The van der Waals surface area contributed by atoms with E-state index in [1.807, 2.05) is 5.38 Å². The van der Waals surface area contributed by atoms with Crippen LogP contribution in [0, 0.1) is 0 Å². The summed E-state index contributed by atoms with van der Waals surface area (Å²) in [4.78, 5) is 14.8. The van der Waals surface area contributed by atoms with Crippen LogP contribution in [0.15, 0.2) is 41.1 Å². The molecule has 8 heteroatoms. The monoisotopic (exact) mass is 432 g/mol. The maximum absolute atomic E-state index is 12.9. The van der Waals surface area contributed by atoms with E-state index in [4.69, 9.17) is 0 Å². The molecule has 1 aliphatic heterocycles. The van der Waals surface area contributed by atoms with Gasteiger partial charge < -0.3 is 5.32 Å². The summed E-state index contributed by atoms with van der Waals surface area (Å²) in [6.07, 6.45) is 0.221. The van der Waals surface area contributed by atoms with E-state index < -0.39 is 17.6 Å². The summed E-state index contributed by atoms with van der Waals surface area (Å²) in [6, 6.07) is 6.66.